The molecule has 1 rings (SSSR count). The Kier molecular flexibility index (Phi) is 7.41. The van der Waals surface area contributed by atoms with Crippen LogP contribution in [-0.2, 0) is 0 Å². The van der Waals surface area contributed by atoms with E-state index in [1.165, 1.54) is 32.1 Å². The molecule has 0 amide bonds. The molecule has 0 saturated heterocycles. The molecule has 1 aliphatic rings. The van der Waals surface area contributed by atoms with Gasteiger partial charge in [0, 0.05) is 0 Å². The lowest BCUT2D eigenvalue weighted by Gasteiger charge is -2.22. The molecule has 0 N–H and O–H groups in total. The molecular formula is C13H28. The summed E-state index contributed by atoms with van der Waals surface area (Å²) in [7, 11) is 0. The van der Waals surface area contributed by atoms with Crippen molar-refractivity contribution in [3.63, 3.8) is 0 Å². The normalized spacial score (nSPS) is 28.2. The summed E-state index contributed by atoms with van der Waals surface area (Å²) < 4.78 is 0. The lowest BCUT2D eigenvalue weighted by atomic mass is 9.84. The van der Waals surface area contributed by atoms with Gasteiger partial charge >= 0.3 is 0 Å². The van der Waals surface area contributed by atoms with Gasteiger partial charge in [-0.3, -0.25) is 0 Å². The minimum atomic E-state index is 0.884. The molecule has 1 fully saturated rings. The molecule has 1 aliphatic carbocycles. The van der Waals surface area contributed by atoms with Gasteiger partial charge in [-0.2, -0.15) is 0 Å². The molecule has 13 heavy (non-hydrogen) atoms. The fourth-order valence-corrected chi connectivity index (χ4v) is 1.43. The van der Waals surface area contributed by atoms with Crippen LogP contribution in [0.15, 0.2) is 0 Å². The molecule has 0 atom stereocenters. The number of rotatable bonds is 1. The van der Waals surface area contributed by atoms with Crippen LogP contribution in [-0.4, -0.2) is 0 Å². The molecule has 0 unspecified atom stereocenters. The quantitative estimate of drug-likeness (QED) is 0.544. The van der Waals surface area contributed by atoms with Crippen molar-refractivity contribution in [1.82, 2.24) is 0 Å². The average molecular weight is 184 g/mol. The number of hydrogen-bond donors (Lipinski definition) is 0. The van der Waals surface area contributed by atoms with Gasteiger partial charge in [-0.25, -0.2) is 0 Å². The number of hydrogen-bond acceptors (Lipinski definition) is 0. The van der Waals surface area contributed by atoms with Gasteiger partial charge in [0.2, 0.25) is 0 Å². The molecule has 0 aromatic heterocycles. The van der Waals surface area contributed by atoms with E-state index in [-0.39, 0.29) is 0 Å². The fourth-order valence-electron chi connectivity index (χ4n) is 1.43. The highest BCUT2D eigenvalue weighted by Crippen LogP contribution is 2.27. The second-order valence-corrected chi connectivity index (χ2v) is 5.17. The first-order chi connectivity index (χ1) is 6.06. The molecule has 0 nitrogen and oxygen atoms in total. The lowest BCUT2D eigenvalue weighted by Crippen LogP contribution is -2.08. The van der Waals surface area contributed by atoms with Crippen molar-refractivity contribution < 1.29 is 0 Å². The SMILES string of the molecule is CC1CCC(C)CC1.CCC(C)C. The first-order valence-electron chi connectivity index (χ1n) is 6.06. The zero-order chi connectivity index (χ0) is 10.3. The van der Waals surface area contributed by atoms with E-state index in [0.29, 0.717) is 0 Å². The second-order valence-electron chi connectivity index (χ2n) is 5.17. The van der Waals surface area contributed by atoms with E-state index < -0.39 is 0 Å². The van der Waals surface area contributed by atoms with Crippen molar-refractivity contribution in [3.8, 4) is 0 Å². The summed E-state index contributed by atoms with van der Waals surface area (Å²) in [6.07, 6.45) is 7.20. The average Bonchev–Trinajstić information content (AvgIpc) is 2.11. The molecule has 0 aromatic carbocycles. The maximum atomic E-state index is 2.37. The van der Waals surface area contributed by atoms with Gasteiger partial charge in [0.15, 0.2) is 0 Å². The molecule has 80 valence electrons. The van der Waals surface area contributed by atoms with E-state index in [1.807, 2.05) is 0 Å². The second kappa shape index (κ2) is 7.41. The Morgan fingerprint density at radius 2 is 1.15 bits per heavy atom. The standard InChI is InChI=1S/C8H16.C5H12/c1-7-3-5-8(2)6-4-7;1-4-5(2)3/h7-8H,3-6H2,1-2H3;5H,4H2,1-3H3. The van der Waals surface area contributed by atoms with E-state index in [1.54, 1.807) is 0 Å². The topological polar surface area (TPSA) is 0 Å². The molecule has 0 heteroatoms. The van der Waals surface area contributed by atoms with Crippen LogP contribution in [0.25, 0.3) is 0 Å². The van der Waals surface area contributed by atoms with Crippen LogP contribution in [0.5, 0.6) is 0 Å². The first-order valence-corrected chi connectivity index (χ1v) is 6.06. The zero-order valence-electron chi connectivity index (χ0n) is 10.3. The molecule has 0 aliphatic heterocycles. The third-order valence-corrected chi connectivity index (χ3v) is 3.12. The van der Waals surface area contributed by atoms with Crippen molar-refractivity contribution in [3.05, 3.63) is 0 Å². The van der Waals surface area contributed by atoms with E-state index in [0.717, 1.165) is 17.8 Å². The van der Waals surface area contributed by atoms with E-state index >= 15 is 0 Å². The van der Waals surface area contributed by atoms with Crippen molar-refractivity contribution in [2.75, 3.05) is 0 Å². The molecule has 1 saturated carbocycles. The highest BCUT2D eigenvalue weighted by atomic mass is 14.2. The van der Waals surface area contributed by atoms with Crippen LogP contribution in [0.1, 0.15) is 66.7 Å². The summed E-state index contributed by atoms with van der Waals surface area (Å²) in [6, 6.07) is 0. The summed E-state index contributed by atoms with van der Waals surface area (Å²) in [5, 5.41) is 0. The van der Waals surface area contributed by atoms with Gasteiger partial charge in [0.1, 0.15) is 0 Å². The van der Waals surface area contributed by atoms with Crippen LogP contribution in [0.4, 0.5) is 0 Å². The molecule has 0 radical (unpaired) electrons. The van der Waals surface area contributed by atoms with E-state index in [2.05, 4.69) is 34.6 Å². The smallest absolute Gasteiger partial charge is 0.0443 e. The summed E-state index contributed by atoms with van der Waals surface area (Å²) in [5.41, 5.74) is 0. The van der Waals surface area contributed by atoms with Crippen LogP contribution in [0, 0.1) is 17.8 Å². The van der Waals surface area contributed by atoms with Crippen molar-refractivity contribution in [2.24, 2.45) is 17.8 Å². The highest BCUT2D eigenvalue weighted by Gasteiger charge is 2.13. The predicted molar refractivity (Wildman–Crippen MR) is 61.9 cm³/mol. The Bertz CT molecular complexity index is 86.6. The summed E-state index contributed by atoms with van der Waals surface area (Å²) in [5.74, 6) is 2.92. The van der Waals surface area contributed by atoms with Gasteiger partial charge in [0.05, 0.1) is 0 Å². The minimum Gasteiger partial charge on any atom is -0.0651 e. The van der Waals surface area contributed by atoms with Crippen molar-refractivity contribution in [1.29, 1.82) is 0 Å². The molecule has 0 aromatic rings. The van der Waals surface area contributed by atoms with E-state index in [9.17, 15) is 0 Å². The zero-order valence-corrected chi connectivity index (χ0v) is 10.3. The lowest BCUT2D eigenvalue weighted by molar-refractivity contribution is 0.308. The third kappa shape index (κ3) is 8.33. The molecular weight excluding hydrogens is 156 g/mol. The first kappa shape index (κ1) is 13.0. The Hall–Kier alpha value is 0. The van der Waals surface area contributed by atoms with Gasteiger partial charge in [-0.1, -0.05) is 66.7 Å². The maximum absolute atomic E-state index is 2.37. The van der Waals surface area contributed by atoms with Gasteiger partial charge in [-0.15, -0.1) is 0 Å². The van der Waals surface area contributed by atoms with Crippen LogP contribution < -0.4 is 0 Å². The Labute approximate surface area is 85.1 Å². The van der Waals surface area contributed by atoms with Gasteiger partial charge < -0.3 is 0 Å². The molecule has 0 spiro atoms. The minimum absolute atomic E-state index is 0.884. The van der Waals surface area contributed by atoms with Crippen LogP contribution >= 0.6 is 0 Å². The van der Waals surface area contributed by atoms with Crippen molar-refractivity contribution in [2.45, 2.75) is 66.7 Å². The predicted octanol–water partition coefficient (Wildman–Crippen LogP) is 4.89. The Morgan fingerprint density at radius 1 is 0.923 bits per heavy atom. The summed E-state index contributed by atoms with van der Waals surface area (Å²) in [6.45, 7) is 11.4. The van der Waals surface area contributed by atoms with Gasteiger partial charge in [0.25, 0.3) is 0 Å². The van der Waals surface area contributed by atoms with Crippen LogP contribution in [0.3, 0.4) is 0 Å². The fraction of sp³-hybridized carbons (Fsp3) is 1.00. The molecule has 0 bridgehead atoms. The summed E-state index contributed by atoms with van der Waals surface area (Å²) in [4.78, 5) is 0. The summed E-state index contributed by atoms with van der Waals surface area (Å²) >= 11 is 0. The van der Waals surface area contributed by atoms with Crippen LogP contribution in [0.2, 0.25) is 0 Å². The van der Waals surface area contributed by atoms with Crippen molar-refractivity contribution >= 4 is 0 Å². The van der Waals surface area contributed by atoms with Gasteiger partial charge in [-0.05, 0) is 17.8 Å². The maximum Gasteiger partial charge on any atom is -0.0443 e. The highest BCUT2D eigenvalue weighted by molar-refractivity contribution is 4.65. The Balaban J connectivity index is 0.000000252. The largest absolute Gasteiger partial charge is 0.0651 e. The Morgan fingerprint density at radius 3 is 1.31 bits per heavy atom. The monoisotopic (exact) mass is 184 g/mol. The third-order valence-electron chi connectivity index (χ3n) is 3.12. The van der Waals surface area contributed by atoms with E-state index in [4.69, 9.17) is 0 Å². The molecule has 0 heterocycles.